The highest BCUT2D eigenvalue weighted by molar-refractivity contribution is 5.86. The molecule has 0 bridgehead atoms. The Morgan fingerprint density at radius 2 is 0.679 bits per heavy atom. The molecule has 3 rings (SSSR count). The van der Waals surface area contributed by atoms with Crippen LogP contribution in [0.2, 0.25) is 0 Å². The van der Waals surface area contributed by atoms with Crippen LogP contribution in [0.4, 0.5) is 0 Å². The first-order valence-corrected chi connectivity index (χ1v) is 31.9. The van der Waals surface area contributed by atoms with Crippen molar-refractivity contribution in [3.05, 3.63) is 57.6 Å². The molecule has 0 aliphatic heterocycles. The molecule has 1 saturated carbocycles. The summed E-state index contributed by atoms with van der Waals surface area (Å²) in [5, 5.41) is 24.2. The zero-order valence-corrected chi connectivity index (χ0v) is 61.6. The van der Waals surface area contributed by atoms with Crippen molar-refractivity contribution in [2.24, 2.45) is 9.98 Å². The van der Waals surface area contributed by atoms with Gasteiger partial charge >= 0.3 is 0 Å². The van der Waals surface area contributed by atoms with Crippen LogP contribution in [0.3, 0.4) is 0 Å². The van der Waals surface area contributed by atoms with Crippen LogP contribution in [0.1, 0.15) is 309 Å². The molecule has 0 unspecified atom stereocenters. The molecule has 6 nitrogen and oxygen atoms in total. The van der Waals surface area contributed by atoms with Crippen LogP contribution in [0.25, 0.3) is 0 Å². The molecule has 0 radical (unpaired) electrons. The number of benzene rings is 2. The predicted octanol–water partition coefficient (Wildman–Crippen LogP) is 7.10. The second-order valence-electron chi connectivity index (χ2n) is 26.0. The number of hydrogen-bond donors (Lipinski definition) is 2. The van der Waals surface area contributed by atoms with Crippen molar-refractivity contribution in [3.8, 4) is 11.5 Å². The summed E-state index contributed by atoms with van der Waals surface area (Å²) in [7, 11) is 0. The number of quaternary nitrogens is 2. The third-order valence-corrected chi connectivity index (χ3v) is 17.5. The van der Waals surface area contributed by atoms with Crippen molar-refractivity contribution >= 4 is 12.4 Å². The van der Waals surface area contributed by atoms with Gasteiger partial charge in [0.25, 0.3) is 0 Å². The van der Waals surface area contributed by atoms with Gasteiger partial charge in [0.2, 0.25) is 0 Å². The molecule has 0 aromatic heterocycles. The third kappa shape index (κ3) is 27.5. The van der Waals surface area contributed by atoms with Gasteiger partial charge in [-0.2, -0.15) is 0 Å². The molecule has 78 heavy (non-hydrogen) atoms. The van der Waals surface area contributed by atoms with E-state index in [9.17, 15) is 10.2 Å². The Labute approximate surface area is 552 Å². The number of rotatable bonds is 38. The van der Waals surface area contributed by atoms with Gasteiger partial charge < -0.3 is 115 Å². The van der Waals surface area contributed by atoms with Crippen molar-refractivity contribution in [2.45, 2.75) is 299 Å². The first-order valence-electron chi connectivity index (χ1n) is 31.9. The molecule has 2 aromatic carbocycles. The van der Waals surface area contributed by atoms with E-state index in [1.165, 1.54) is 214 Å². The van der Waals surface area contributed by atoms with Crippen LogP contribution in [0.5, 0.6) is 11.5 Å². The quantitative estimate of drug-likeness (QED) is 0.0429. The molecule has 1 fully saturated rings. The Morgan fingerprint density at radius 3 is 0.936 bits per heavy atom. The van der Waals surface area contributed by atoms with Crippen molar-refractivity contribution in [2.75, 3.05) is 52.4 Å². The third-order valence-electron chi connectivity index (χ3n) is 17.5. The largest absolute Gasteiger partial charge is 1.00 e. The van der Waals surface area contributed by atoms with Gasteiger partial charge in [-0.1, -0.05) is 186 Å². The topological polar surface area (TPSA) is 65.2 Å². The summed E-state index contributed by atoms with van der Waals surface area (Å²) in [6.07, 6.45) is 35.8. The van der Waals surface area contributed by atoms with Gasteiger partial charge in [-0.25, -0.2) is 0 Å². The fourth-order valence-corrected chi connectivity index (χ4v) is 12.5. The summed E-state index contributed by atoms with van der Waals surface area (Å²) in [6.45, 7) is 42.7. The van der Waals surface area contributed by atoms with Crippen LogP contribution in [0, 0.1) is 0 Å². The fourth-order valence-electron chi connectivity index (χ4n) is 12.5. The van der Waals surface area contributed by atoms with E-state index in [4.69, 9.17) is 9.98 Å². The lowest BCUT2D eigenvalue weighted by atomic mass is 9.80. The molecule has 2 aromatic rings. The van der Waals surface area contributed by atoms with E-state index in [1.807, 2.05) is 12.4 Å². The molecule has 10 heteroatoms. The van der Waals surface area contributed by atoms with Gasteiger partial charge in [0.15, 0.2) is 0 Å². The average Bonchev–Trinajstić information content (AvgIpc) is 3.37. The number of unbranched alkanes of at least 4 members (excludes halogenated alkanes) is 8. The van der Waals surface area contributed by atoms with E-state index in [0.717, 1.165) is 47.9 Å². The SMILES string of the molecule is CCCCC(CCCC)c1cc(C=N[C@H]2CCCC[C@@H]2N=Cc2cc(C(CCC[N+](CCCC)(CCCC)CCCC)CCC[N+](CCCC)(CCCC)CCCC)cc(C(C)(C)C)c2O)c(O)c(C(C)(C)C)c1.[I-].[I-].[I-].[I-]. The molecule has 0 heterocycles. The maximum absolute atomic E-state index is 12.3. The van der Waals surface area contributed by atoms with E-state index in [-0.39, 0.29) is 119 Å². The van der Waals surface area contributed by atoms with Crippen molar-refractivity contribution in [1.29, 1.82) is 0 Å². The number of halogens is 4. The monoisotopic (exact) mass is 1530 g/mol. The van der Waals surface area contributed by atoms with Gasteiger partial charge in [0.05, 0.1) is 64.4 Å². The van der Waals surface area contributed by atoms with Crippen LogP contribution >= 0.6 is 0 Å². The Hall–Kier alpha value is 0.220. The molecule has 2 N–H and O–H groups in total. The Morgan fingerprint density at radius 1 is 0.423 bits per heavy atom. The normalized spacial score (nSPS) is 15.4. The second-order valence-corrected chi connectivity index (χ2v) is 26.0. The minimum absolute atomic E-state index is 0. The number of aliphatic imine (C=N–C) groups is 2. The highest BCUT2D eigenvalue weighted by atomic mass is 127. The summed E-state index contributed by atoms with van der Waals surface area (Å²) in [4.78, 5) is 10.8. The molecule has 0 amide bonds. The fraction of sp³-hybridized carbons (Fsp3) is 0.794. The second kappa shape index (κ2) is 42.9. The van der Waals surface area contributed by atoms with E-state index in [0.29, 0.717) is 23.3 Å². The van der Waals surface area contributed by atoms with E-state index < -0.39 is 0 Å². The summed E-state index contributed by atoms with van der Waals surface area (Å²) >= 11 is 0. The summed E-state index contributed by atoms with van der Waals surface area (Å²) in [6, 6.07) is 9.36. The van der Waals surface area contributed by atoms with Gasteiger partial charge in [-0.3, -0.25) is 9.98 Å². The van der Waals surface area contributed by atoms with Crippen molar-refractivity contribution in [1.82, 2.24) is 0 Å². The van der Waals surface area contributed by atoms with Gasteiger partial charge in [0, 0.05) is 34.7 Å². The molecule has 0 spiro atoms. The highest BCUT2D eigenvalue weighted by Crippen LogP contribution is 2.41. The predicted molar refractivity (Wildman–Crippen MR) is 327 cm³/mol. The Kier molecular flexibility index (Phi) is 44.2. The average molecular weight is 1540 g/mol. The zero-order chi connectivity index (χ0) is 54.6. The molecule has 0 saturated heterocycles. The number of phenols is 2. The van der Waals surface area contributed by atoms with Gasteiger partial charge in [-0.05, 0) is 136 Å². The summed E-state index contributed by atoms with van der Waals surface area (Å²) in [5.74, 6) is 1.68. The van der Waals surface area contributed by atoms with Crippen LogP contribution < -0.4 is 95.9 Å². The first-order chi connectivity index (χ1) is 35.4. The number of nitrogens with zero attached hydrogens (tertiary/aromatic N) is 4. The number of aromatic hydroxyl groups is 2. The minimum atomic E-state index is -0.224. The molecule has 456 valence electrons. The van der Waals surface area contributed by atoms with Gasteiger partial charge in [-0.15, -0.1) is 0 Å². The Bertz CT molecular complexity index is 1820. The van der Waals surface area contributed by atoms with Gasteiger partial charge in [0.1, 0.15) is 11.5 Å². The van der Waals surface area contributed by atoms with Crippen molar-refractivity contribution < 1.29 is 115 Å². The maximum Gasteiger partial charge on any atom is 0.128 e. The summed E-state index contributed by atoms with van der Waals surface area (Å²) < 4.78 is 2.58. The zero-order valence-electron chi connectivity index (χ0n) is 53.0. The Balaban J connectivity index is 0. The minimum Gasteiger partial charge on any atom is -1.00 e. The van der Waals surface area contributed by atoms with E-state index >= 15 is 0 Å². The highest BCUT2D eigenvalue weighted by Gasteiger charge is 2.31. The molecule has 2 atom stereocenters. The lowest BCUT2D eigenvalue weighted by Crippen LogP contribution is -3.00. The standard InChI is InChI=1S/C68H120N4O2.4HI/c1-15-23-35-55(36-24-16-2)57-49-59(65(73)61(51-57)67(9,10)11)53-69-63-39-31-32-40-64(63)70-54-60-50-58(52-62(66(60)74)68(12,13)14)56(37-33-47-71(41-25-17-3,42-26-18-4)43-27-19-5)38-34-48-72(44-28-20-6,45-29-21-7)46-30-22-8;;;;/h49-56,63-64H,15-48H2,1-14H3;4*1H/p-2/t63-,64-;;;;/m0..../s1. The van der Waals surface area contributed by atoms with Crippen LogP contribution in [0.15, 0.2) is 34.3 Å². The lowest BCUT2D eigenvalue weighted by Gasteiger charge is -2.40. The molecular weight excluding hydrogens is 1410 g/mol. The molecule has 1 aliphatic rings. The summed E-state index contributed by atoms with van der Waals surface area (Å²) in [5.41, 5.74) is 6.11. The smallest absolute Gasteiger partial charge is 0.128 e. The van der Waals surface area contributed by atoms with E-state index in [2.05, 4.69) is 121 Å². The van der Waals surface area contributed by atoms with Crippen LogP contribution in [-0.4, -0.2) is 96.1 Å². The maximum atomic E-state index is 12.3. The number of hydrogen-bond acceptors (Lipinski definition) is 4. The molecule has 1 aliphatic carbocycles. The molecular formula is C68H122I4N4O2-2. The number of phenolic OH excluding ortho intramolecular Hbond substituents is 2. The van der Waals surface area contributed by atoms with Crippen molar-refractivity contribution in [3.63, 3.8) is 0 Å². The van der Waals surface area contributed by atoms with E-state index in [1.54, 1.807) is 0 Å². The lowest BCUT2D eigenvalue weighted by molar-refractivity contribution is -0.929. The van der Waals surface area contributed by atoms with Crippen LogP contribution in [-0.2, 0) is 10.8 Å². The first kappa shape index (κ1) is 80.3.